The van der Waals surface area contributed by atoms with Gasteiger partial charge in [-0.1, -0.05) is 36.3 Å². The number of terminal acetylenes is 1. The summed E-state index contributed by atoms with van der Waals surface area (Å²) in [6, 6.07) is 9.09. The van der Waals surface area contributed by atoms with Crippen LogP contribution in [-0.4, -0.2) is 12.6 Å². The average molecular weight is 249 g/mol. The van der Waals surface area contributed by atoms with Crippen LogP contribution in [0.5, 0.6) is 0 Å². The van der Waals surface area contributed by atoms with Crippen molar-refractivity contribution in [3.63, 3.8) is 0 Å². The minimum absolute atomic E-state index is 0.453. The number of para-hydroxylation sites is 1. The standard InChI is InChI=1S/C18H19N/c1-4-11-19-16-10-8-7-9-15(16)17-13(5-2)12-14(6-3)18(17)19/h1,5-10,13-14,17-18H,2-3,11-12H2/t13-,14+,17-,18-/m0/s1. The lowest BCUT2D eigenvalue weighted by Crippen LogP contribution is -2.36. The first-order chi connectivity index (χ1) is 9.31. The summed E-state index contributed by atoms with van der Waals surface area (Å²) in [6.07, 6.45) is 10.9. The van der Waals surface area contributed by atoms with Crippen LogP contribution in [0.3, 0.4) is 0 Å². The number of fused-ring (bicyclic) bond motifs is 3. The molecule has 0 spiro atoms. The number of anilines is 1. The summed E-state index contributed by atoms with van der Waals surface area (Å²) >= 11 is 0. The van der Waals surface area contributed by atoms with Gasteiger partial charge in [0.1, 0.15) is 0 Å². The SMILES string of the molecule is C#CCN1c2ccccc2[C@H]2[C@@H]1[C@H](C=C)C[C@@H]2C=C. The van der Waals surface area contributed by atoms with Crippen LogP contribution in [0, 0.1) is 24.2 Å². The highest BCUT2D eigenvalue weighted by atomic mass is 15.2. The van der Waals surface area contributed by atoms with Gasteiger partial charge in [0, 0.05) is 17.6 Å². The van der Waals surface area contributed by atoms with E-state index in [2.05, 4.69) is 60.4 Å². The van der Waals surface area contributed by atoms with Gasteiger partial charge in [-0.15, -0.1) is 19.6 Å². The molecule has 1 aliphatic carbocycles. The second kappa shape index (κ2) is 4.63. The van der Waals surface area contributed by atoms with Crippen LogP contribution in [0.4, 0.5) is 5.69 Å². The monoisotopic (exact) mass is 249 g/mol. The lowest BCUT2D eigenvalue weighted by molar-refractivity contribution is 0.527. The van der Waals surface area contributed by atoms with E-state index in [1.54, 1.807) is 0 Å². The molecule has 0 bridgehead atoms. The van der Waals surface area contributed by atoms with E-state index in [1.807, 2.05) is 0 Å². The van der Waals surface area contributed by atoms with E-state index >= 15 is 0 Å². The number of benzene rings is 1. The third kappa shape index (κ3) is 1.64. The molecular formula is C18H19N. The van der Waals surface area contributed by atoms with Gasteiger partial charge in [-0.2, -0.15) is 0 Å². The molecule has 1 fully saturated rings. The molecule has 0 saturated heterocycles. The quantitative estimate of drug-likeness (QED) is 0.584. The second-order valence-electron chi connectivity index (χ2n) is 5.44. The normalized spacial score (nSPS) is 31.4. The first-order valence-corrected chi connectivity index (χ1v) is 6.86. The number of hydrogen-bond donors (Lipinski definition) is 0. The molecular weight excluding hydrogens is 230 g/mol. The van der Waals surface area contributed by atoms with Gasteiger partial charge >= 0.3 is 0 Å². The molecule has 0 unspecified atom stereocenters. The van der Waals surface area contributed by atoms with Crippen molar-refractivity contribution in [1.29, 1.82) is 0 Å². The molecule has 2 aliphatic rings. The fourth-order valence-corrected chi connectivity index (χ4v) is 3.92. The van der Waals surface area contributed by atoms with Crippen molar-refractivity contribution in [1.82, 2.24) is 0 Å². The van der Waals surface area contributed by atoms with Crippen LogP contribution in [0.15, 0.2) is 49.6 Å². The largest absolute Gasteiger partial charge is 0.356 e. The van der Waals surface area contributed by atoms with Crippen LogP contribution in [0.25, 0.3) is 0 Å². The molecule has 4 atom stereocenters. The predicted octanol–water partition coefficient (Wildman–Crippen LogP) is 3.60. The fraction of sp³-hybridized carbons (Fsp3) is 0.333. The Morgan fingerprint density at radius 3 is 2.68 bits per heavy atom. The van der Waals surface area contributed by atoms with E-state index in [9.17, 15) is 0 Å². The first-order valence-electron chi connectivity index (χ1n) is 6.86. The number of hydrogen-bond acceptors (Lipinski definition) is 1. The van der Waals surface area contributed by atoms with Crippen molar-refractivity contribution in [3.8, 4) is 12.3 Å². The predicted molar refractivity (Wildman–Crippen MR) is 81.1 cm³/mol. The number of nitrogens with zero attached hydrogens (tertiary/aromatic N) is 1. The molecule has 0 N–H and O–H groups in total. The van der Waals surface area contributed by atoms with Gasteiger partial charge in [-0.25, -0.2) is 0 Å². The summed E-state index contributed by atoms with van der Waals surface area (Å²) in [7, 11) is 0. The van der Waals surface area contributed by atoms with E-state index in [-0.39, 0.29) is 0 Å². The van der Waals surface area contributed by atoms with Crippen LogP contribution in [0.2, 0.25) is 0 Å². The van der Waals surface area contributed by atoms with Crippen molar-refractivity contribution < 1.29 is 0 Å². The Morgan fingerprint density at radius 2 is 2.00 bits per heavy atom. The van der Waals surface area contributed by atoms with Gasteiger partial charge in [0.2, 0.25) is 0 Å². The maximum atomic E-state index is 5.56. The third-order valence-corrected chi connectivity index (χ3v) is 4.64. The topological polar surface area (TPSA) is 3.24 Å². The molecule has 1 saturated carbocycles. The molecule has 1 nitrogen and oxygen atoms in total. The molecule has 0 aromatic heterocycles. The molecule has 0 radical (unpaired) electrons. The average Bonchev–Trinajstić information content (AvgIpc) is 2.96. The summed E-state index contributed by atoms with van der Waals surface area (Å²) in [6.45, 7) is 8.71. The van der Waals surface area contributed by atoms with Gasteiger partial charge in [0.05, 0.1) is 6.54 Å². The molecule has 1 heteroatoms. The minimum Gasteiger partial charge on any atom is -0.356 e. The Labute approximate surface area is 115 Å². The summed E-state index contributed by atoms with van der Waals surface area (Å²) in [5, 5.41) is 0. The van der Waals surface area contributed by atoms with Crippen molar-refractivity contribution in [2.75, 3.05) is 11.4 Å². The Morgan fingerprint density at radius 1 is 1.26 bits per heavy atom. The van der Waals surface area contributed by atoms with Gasteiger partial charge in [-0.3, -0.25) is 0 Å². The van der Waals surface area contributed by atoms with Gasteiger partial charge < -0.3 is 4.90 Å². The minimum atomic E-state index is 0.453. The molecule has 96 valence electrons. The van der Waals surface area contributed by atoms with Crippen molar-refractivity contribution in [2.45, 2.75) is 18.4 Å². The fourth-order valence-electron chi connectivity index (χ4n) is 3.92. The molecule has 1 aromatic rings. The van der Waals surface area contributed by atoms with E-state index in [1.165, 1.54) is 11.3 Å². The van der Waals surface area contributed by atoms with Gasteiger partial charge in [-0.05, 0) is 29.9 Å². The Kier molecular flexibility index (Phi) is 2.95. The van der Waals surface area contributed by atoms with Crippen molar-refractivity contribution in [3.05, 3.63) is 55.1 Å². The van der Waals surface area contributed by atoms with Crippen LogP contribution < -0.4 is 4.90 Å². The summed E-state index contributed by atoms with van der Waals surface area (Å²) in [5.74, 6) is 4.34. The summed E-state index contributed by atoms with van der Waals surface area (Å²) < 4.78 is 0. The Bertz CT molecular complexity index is 551. The molecule has 1 aliphatic heterocycles. The van der Waals surface area contributed by atoms with Crippen LogP contribution in [-0.2, 0) is 0 Å². The Balaban J connectivity index is 2.11. The lowest BCUT2D eigenvalue weighted by atomic mass is 9.89. The zero-order chi connectivity index (χ0) is 13.4. The molecule has 19 heavy (non-hydrogen) atoms. The highest BCUT2D eigenvalue weighted by Crippen LogP contribution is 2.54. The first kappa shape index (κ1) is 12.1. The zero-order valence-corrected chi connectivity index (χ0v) is 11.1. The van der Waals surface area contributed by atoms with E-state index in [4.69, 9.17) is 6.42 Å². The van der Waals surface area contributed by atoms with Gasteiger partial charge in [0.15, 0.2) is 0 Å². The summed E-state index contributed by atoms with van der Waals surface area (Å²) in [5.41, 5.74) is 2.73. The molecule has 1 aromatic carbocycles. The Hall–Kier alpha value is -1.94. The summed E-state index contributed by atoms with van der Waals surface area (Å²) in [4.78, 5) is 2.38. The second-order valence-corrected chi connectivity index (χ2v) is 5.44. The molecule has 3 rings (SSSR count). The number of allylic oxidation sites excluding steroid dienone is 1. The van der Waals surface area contributed by atoms with Crippen LogP contribution >= 0.6 is 0 Å². The van der Waals surface area contributed by atoms with E-state index in [0.717, 1.165) is 6.42 Å². The smallest absolute Gasteiger partial charge is 0.0795 e. The maximum Gasteiger partial charge on any atom is 0.0795 e. The zero-order valence-electron chi connectivity index (χ0n) is 11.1. The number of rotatable bonds is 3. The van der Waals surface area contributed by atoms with E-state index in [0.29, 0.717) is 30.3 Å². The third-order valence-electron chi connectivity index (χ3n) is 4.64. The molecule has 1 heterocycles. The van der Waals surface area contributed by atoms with Crippen molar-refractivity contribution in [2.24, 2.45) is 11.8 Å². The highest BCUT2D eigenvalue weighted by molar-refractivity contribution is 5.64. The lowest BCUT2D eigenvalue weighted by Gasteiger charge is -2.28. The van der Waals surface area contributed by atoms with E-state index < -0.39 is 0 Å². The van der Waals surface area contributed by atoms with Crippen molar-refractivity contribution >= 4 is 5.69 Å². The maximum absolute atomic E-state index is 5.56. The molecule has 0 amide bonds. The highest BCUT2D eigenvalue weighted by Gasteiger charge is 2.49. The van der Waals surface area contributed by atoms with Crippen LogP contribution in [0.1, 0.15) is 17.9 Å². The van der Waals surface area contributed by atoms with Gasteiger partial charge in [0.25, 0.3) is 0 Å².